The molecule has 0 aliphatic rings. The van der Waals surface area contributed by atoms with Crippen LogP contribution in [-0.4, -0.2) is 30.1 Å². The van der Waals surface area contributed by atoms with E-state index in [2.05, 4.69) is 4.98 Å². The first-order valence-corrected chi connectivity index (χ1v) is 6.86. The van der Waals surface area contributed by atoms with Crippen LogP contribution in [-0.2, 0) is 5.60 Å². The Labute approximate surface area is 129 Å². The zero-order chi connectivity index (χ0) is 16.2. The summed E-state index contributed by atoms with van der Waals surface area (Å²) in [7, 11) is 2.99. The lowest BCUT2D eigenvalue weighted by Gasteiger charge is -2.23. The van der Waals surface area contributed by atoms with Gasteiger partial charge in [-0.3, -0.25) is 9.78 Å². The van der Waals surface area contributed by atoms with Crippen molar-refractivity contribution in [3.63, 3.8) is 0 Å². The van der Waals surface area contributed by atoms with Crippen LogP contribution in [0.3, 0.4) is 0 Å². The summed E-state index contributed by atoms with van der Waals surface area (Å²) in [6, 6.07) is 8.48. The molecule has 0 fully saturated rings. The van der Waals surface area contributed by atoms with Crippen molar-refractivity contribution in [3.05, 3.63) is 53.9 Å². The number of ether oxygens (including phenoxy) is 2. The molecule has 1 heterocycles. The van der Waals surface area contributed by atoms with Crippen molar-refractivity contribution in [1.82, 2.24) is 4.98 Å². The van der Waals surface area contributed by atoms with Gasteiger partial charge in [-0.2, -0.15) is 0 Å². The molecular weight excluding hydrogens is 282 g/mol. The van der Waals surface area contributed by atoms with Crippen molar-refractivity contribution in [2.75, 3.05) is 14.2 Å². The fourth-order valence-electron chi connectivity index (χ4n) is 2.33. The van der Waals surface area contributed by atoms with Crippen molar-refractivity contribution in [2.45, 2.75) is 18.9 Å². The minimum Gasteiger partial charge on any atom is -0.493 e. The molecule has 22 heavy (non-hydrogen) atoms. The Hall–Kier alpha value is -2.40. The van der Waals surface area contributed by atoms with E-state index in [1.54, 1.807) is 49.6 Å². The van der Waals surface area contributed by atoms with Crippen LogP contribution >= 0.6 is 0 Å². The fraction of sp³-hybridized carbons (Fsp3) is 0.294. The summed E-state index contributed by atoms with van der Waals surface area (Å²) in [4.78, 5) is 16.5. The maximum Gasteiger partial charge on any atom is 0.171 e. The van der Waals surface area contributed by atoms with Gasteiger partial charge in [0.15, 0.2) is 17.3 Å². The number of benzene rings is 1. The van der Waals surface area contributed by atoms with Crippen LogP contribution in [0.1, 0.15) is 29.3 Å². The van der Waals surface area contributed by atoms with Gasteiger partial charge in [0.25, 0.3) is 0 Å². The predicted molar refractivity (Wildman–Crippen MR) is 82.3 cm³/mol. The molecule has 1 atom stereocenters. The molecule has 0 saturated heterocycles. The van der Waals surface area contributed by atoms with Gasteiger partial charge in [-0.25, -0.2) is 0 Å². The van der Waals surface area contributed by atoms with Gasteiger partial charge in [-0.05, 0) is 36.8 Å². The number of carbonyl (C=O) groups excluding carboxylic acids is 1. The summed E-state index contributed by atoms with van der Waals surface area (Å²) in [5.41, 5.74) is -0.261. The summed E-state index contributed by atoms with van der Waals surface area (Å²) >= 11 is 0. The Morgan fingerprint density at radius 2 is 1.86 bits per heavy atom. The van der Waals surface area contributed by atoms with Gasteiger partial charge in [-0.15, -0.1) is 0 Å². The second kappa shape index (κ2) is 6.58. The molecule has 1 unspecified atom stereocenters. The smallest absolute Gasteiger partial charge is 0.171 e. The summed E-state index contributed by atoms with van der Waals surface area (Å²) in [5.74, 6) is 0.634. The third-order valence-corrected chi connectivity index (χ3v) is 3.51. The average molecular weight is 301 g/mol. The number of rotatable bonds is 6. The third kappa shape index (κ3) is 3.26. The summed E-state index contributed by atoms with van der Waals surface area (Å²) in [5, 5.41) is 10.6. The quantitative estimate of drug-likeness (QED) is 0.831. The lowest BCUT2D eigenvalue weighted by atomic mass is 9.89. The molecule has 116 valence electrons. The van der Waals surface area contributed by atoms with E-state index >= 15 is 0 Å². The monoisotopic (exact) mass is 301 g/mol. The molecule has 0 radical (unpaired) electrons. The van der Waals surface area contributed by atoms with E-state index in [0.29, 0.717) is 22.6 Å². The lowest BCUT2D eigenvalue weighted by molar-refractivity contribution is 0.0429. The Morgan fingerprint density at radius 1 is 1.18 bits per heavy atom. The Balaban J connectivity index is 2.30. The van der Waals surface area contributed by atoms with E-state index in [-0.39, 0.29) is 12.2 Å². The molecule has 2 rings (SSSR count). The van der Waals surface area contributed by atoms with Crippen LogP contribution in [0.4, 0.5) is 0 Å². The van der Waals surface area contributed by atoms with Gasteiger partial charge in [0.1, 0.15) is 0 Å². The minimum atomic E-state index is -1.28. The molecule has 0 spiro atoms. The molecule has 0 saturated carbocycles. The first-order chi connectivity index (χ1) is 10.5. The van der Waals surface area contributed by atoms with Gasteiger partial charge < -0.3 is 14.6 Å². The number of pyridine rings is 1. The maximum absolute atomic E-state index is 12.6. The number of methoxy groups -OCH3 is 2. The van der Waals surface area contributed by atoms with Crippen molar-refractivity contribution < 1.29 is 19.4 Å². The number of nitrogens with zero attached hydrogens (tertiary/aromatic N) is 1. The number of Topliss-reactive ketones (excluding diaryl/α,β-unsaturated/α-hetero) is 1. The number of para-hydroxylation sites is 1. The fourth-order valence-corrected chi connectivity index (χ4v) is 2.33. The molecular formula is C17H19NO4. The third-order valence-electron chi connectivity index (χ3n) is 3.51. The van der Waals surface area contributed by atoms with Crippen molar-refractivity contribution >= 4 is 5.78 Å². The average Bonchev–Trinajstić information content (AvgIpc) is 2.54. The normalized spacial score (nSPS) is 13.3. The van der Waals surface area contributed by atoms with Crippen LogP contribution in [0.25, 0.3) is 0 Å². The van der Waals surface area contributed by atoms with Crippen LogP contribution < -0.4 is 9.47 Å². The summed E-state index contributed by atoms with van der Waals surface area (Å²) < 4.78 is 10.5. The first-order valence-electron chi connectivity index (χ1n) is 6.86. The lowest BCUT2D eigenvalue weighted by Crippen LogP contribution is -2.25. The van der Waals surface area contributed by atoms with Crippen LogP contribution in [0.2, 0.25) is 0 Å². The van der Waals surface area contributed by atoms with E-state index in [9.17, 15) is 9.90 Å². The second-order valence-electron chi connectivity index (χ2n) is 5.15. The number of hydrogen-bond acceptors (Lipinski definition) is 5. The van der Waals surface area contributed by atoms with E-state index in [1.807, 2.05) is 0 Å². The van der Waals surface area contributed by atoms with Gasteiger partial charge in [0.2, 0.25) is 0 Å². The summed E-state index contributed by atoms with van der Waals surface area (Å²) in [6.45, 7) is 1.60. The zero-order valence-electron chi connectivity index (χ0n) is 12.9. The highest BCUT2D eigenvalue weighted by atomic mass is 16.5. The highest BCUT2D eigenvalue weighted by Gasteiger charge is 2.29. The van der Waals surface area contributed by atoms with E-state index in [0.717, 1.165) is 0 Å². The highest BCUT2D eigenvalue weighted by Crippen LogP contribution is 2.34. The largest absolute Gasteiger partial charge is 0.493 e. The topological polar surface area (TPSA) is 68.7 Å². The van der Waals surface area contributed by atoms with Gasteiger partial charge >= 0.3 is 0 Å². The second-order valence-corrected chi connectivity index (χ2v) is 5.15. The van der Waals surface area contributed by atoms with Gasteiger partial charge in [0.05, 0.1) is 25.4 Å². The predicted octanol–water partition coefficient (Wildman–Crippen LogP) is 2.58. The Bertz CT molecular complexity index is 653. The first kappa shape index (κ1) is 16.0. The van der Waals surface area contributed by atoms with Gasteiger partial charge in [-0.1, -0.05) is 6.07 Å². The Kier molecular flexibility index (Phi) is 4.78. The molecule has 1 N–H and O–H groups in total. The van der Waals surface area contributed by atoms with Crippen molar-refractivity contribution in [2.24, 2.45) is 0 Å². The zero-order valence-corrected chi connectivity index (χ0v) is 12.9. The van der Waals surface area contributed by atoms with E-state index < -0.39 is 5.60 Å². The number of ketones is 1. The number of aliphatic hydroxyl groups is 1. The molecule has 0 bridgehead atoms. The van der Waals surface area contributed by atoms with Crippen LogP contribution in [0.15, 0.2) is 42.7 Å². The molecule has 0 amide bonds. The van der Waals surface area contributed by atoms with E-state index in [4.69, 9.17) is 9.47 Å². The Morgan fingerprint density at radius 3 is 2.45 bits per heavy atom. The van der Waals surface area contributed by atoms with Crippen LogP contribution in [0.5, 0.6) is 11.5 Å². The standard InChI is InChI=1S/C17H19NO4/c1-17(20,12-7-9-18-10-8-12)11-14(19)13-5-4-6-15(21-2)16(13)22-3/h4-10,20H,11H2,1-3H3. The number of aromatic nitrogens is 1. The molecule has 5 nitrogen and oxygen atoms in total. The van der Waals surface area contributed by atoms with Crippen molar-refractivity contribution in [3.8, 4) is 11.5 Å². The molecule has 5 heteroatoms. The maximum atomic E-state index is 12.6. The molecule has 1 aromatic heterocycles. The van der Waals surface area contributed by atoms with Gasteiger partial charge in [0, 0.05) is 18.8 Å². The van der Waals surface area contributed by atoms with Crippen LogP contribution in [0, 0.1) is 0 Å². The SMILES string of the molecule is COc1cccc(C(=O)CC(C)(O)c2ccncc2)c1OC. The highest BCUT2D eigenvalue weighted by molar-refractivity contribution is 6.00. The molecule has 1 aromatic carbocycles. The molecule has 0 aliphatic carbocycles. The number of carbonyl (C=O) groups is 1. The van der Waals surface area contributed by atoms with E-state index in [1.165, 1.54) is 14.2 Å². The van der Waals surface area contributed by atoms with Crippen molar-refractivity contribution in [1.29, 1.82) is 0 Å². The minimum absolute atomic E-state index is 0.0689. The summed E-state index contributed by atoms with van der Waals surface area (Å²) in [6.07, 6.45) is 3.10. The molecule has 0 aliphatic heterocycles. The molecule has 2 aromatic rings. The number of hydrogen-bond donors (Lipinski definition) is 1.